The minimum absolute atomic E-state index is 0.152. The largest absolute Gasteiger partial charge is 0.487 e. The van der Waals surface area contributed by atoms with E-state index in [0.717, 1.165) is 17.9 Å². The van der Waals surface area contributed by atoms with Gasteiger partial charge >= 0.3 is 0 Å². The number of pyridine rings is 1. The molecule has 1 aliphatic rings. The molecule has 0 radical (unpaired) electrons. The molecule has 0 unspecified atom stereocenters. The van der Waals surface area contributed by atoms with Crippen LogP contribution in [0.1, 0.15) is 35.3 Å². The van der Waals surface area contributed by atoms with Crippen LogP contribution in [0.15, 0.2) is 53.6 Å². The van der Waals surface area contributed by atoms with Crippen LogP contribution in [0.3, 0.4) is 0 Å². The normalized spacial score (nSPS) is 14.3. The number of halogens is 1. The molecule has 0 fully saturated rings. The van der Waals surface area contributed by atoms with Gasteiger partial charge in [0.1, 0.15) is 22.9 Å². The first-order chi connectivity index (χ1) is 15.4. The van der Waals surface area contributed by atoms with Crippen LogP contribution in [0.2, 0.25) is 0 Å². The second kappa shape index (κ2) is 8.15. The first kappa shape index (κ1) is 22.7. The number of anilines is 1. The molecule has 1 N–H and O–H groups in total. The Kier molecular flexibility index (Phi) is 5.61. The number of carbonyl (C=O) groups is 1. The van der Waals surface area contributed by atoms with Crippen LogP contribution >= 0.6 is 0 Å². The average Bonchev–Trinajstić information content (AvgIpc) is 3.04. The van der Waals surface area contributed by atoms with Gasteiger partial charge in [-0.3, -0.25) is 4.79 Å². The Hall–Kier alpha value is -3.46. The molecule has 0 saturated heterocycles. The van der Waals surface area contributed by atoms with Crippen LogP contribution in [-0.4, -0.2) is 31.2 Å². The molecule has 3 aromatic rings. The average molecular weight is 471 g/mol. The summed E-state index contributed by atoms with van der Waals surface area (Å²) in [5.41, 5.74) is 1.36. The van der Waals surface area contributed by atoms with Gasteiger partial charge in [-0.15, -0.1) is 0 Å². The summed E-state index contributed by atoms with van der Waals surface area (Å²) in [6.07, 6.45) is 3.13. The van der Waals surface area contributed by atoms with Gasteiger partial charge in [-0.25, -0.2) is 17.8 Å². The molecule has 172 valence electrons. The third kappa shape index (κ3) is 4.98. The van der Waals surface area contributed by atoms with Crippen molar-refractivity contribution in [1.29, 1.82) is 0 Å². The second-order valence-electron chi connectivity index (χ2n) is 8.63. The number of ether oxygens (including phenoxy) is 2. The van der Waals surface area contributed by atoms with Gasteiger partial charge in [0.05, 0.1) is 4.90 Å². The molecule has 0 saturated carbocycles. The van der Waals surface area contributed by atoms with Gasteiger partial charge in [0.2, 0.25) is 0 Å². The van der Waals surface area contributed by atoms with E-state index >= 15 is 0 Å². The minimum Gasteiger partial charge on any atom is -0.487 e. The SMILES string of the molecule is Cc1ccc(NC(=O)c2cc(Oc3ccc(S(C)(=O)=O)cc3F)c3c(c2)OC(C)(C)C3)nc1. The fraction of sp³-hybridized carbons (Fsp3) is 0.250. The maximum atomic E-state index is 14.6. The Morgan fingerprint density at radius 1 is 1.15 bits per heavy atom. The summed E-state index contributed by atoms with van der Waals surface area (Å²) in [4.78, 5) is 16.9. The van der Waals surface area contributed by atoms with E-state index in [1.54, 1.807) is 18.3 Å². The standard InChI is InChI=1S/C24H23FN2O5S/c1-14-5-8-22(26-13-14)27-23(28)15-9-20(17-12-24(2,3)32-21(17)10-15)31-19-7-6-16(11-18(19)25)33(4,29)30/h5-11,13H,12H2,1-4H3,(H,26,27,28). The zero-order valence-corrected chi connectivity index (χ0v) is 19.4. The molecule has 2 aromatic carbocycles. The molecule has 4 rings (SSSR count). The van der Waals surface area contributed by atoms with E-state index in [0.29, 0.717) is 23.6 Å². The van der Waals surface area contributed by atoms with Crippen LogP contribution in [0, 0.1) is 12.7 Å². The maximum Gasteiger partial charge on any atom is 0.257 e. The Morgan fingerprint density at radius 3 is 2.55 bits per heavy atom. The topological polar surface area (TPSA) is 94.6 Å². The van der Waals surface area contributed by atoms with Gasteiger partial charge < -0.3 is 14.8 Å². The lowest BCUT2D eigenvalue weighted by atomic mass is 9.99. The quantitative estimate of drug-likeness (QED) is 0.581. The van der Waals surface area contributed by atoms with Gasteiger partial charge in [0.15, 0.2) is 21.4 Å². The van der Waals surface area contributed by atoms with E-state index in [2.05, 4.69) is 10.3 Å². The molecule has 0 bridgehead atoms. The highest BCUT2D eigenvalue weighted by Gasteiger charge is 2.34. The maximum absolute atomic E-state index is 14.6. The first-order valence-electron chi connectivity index (χ1n) is 10.2. The molecule has 0 atom stereocenters. The Bertz CT molecular complexity index is 1350. The van der Waals surface area contributed by atoms with Crippen molar-refractivity contribution in [2.75, 3.05) is 11.6 Å². The van der Waals surface area contributed by atoms with Gasteiger partial charge in [-0.1, -0.05) is 6.07 Å². The highest BCUT2D eigenvalue weighted by Crippen LogP contribution is 2.43. The van der Waals surface area contributed by atoms with Gasteiger partial charge in [0.25, 0.3) is 5.91 Å². The summed E-state index contributed by atoms with van der Waals surface area (Å²) in [6.45, 7) is 5.69. The molecular formula is C24H23FN2O5S. The number of aryl methyl sites for hydroxylation is 1. The number of fused-ring (bicyclic) bond motifs is 1. The van der Waals surface area contributed by atoms with Crippen molar-refractivity contribution in [3.8, 4) is 17.2 Å². The molecule has 0 spiro atoms. The summed E-state index contributed by atoms with van der Waals surface area (Å²) in [5, 5.41) is 2.72. The molecule has 9 heteroatoms. The lowest BCUT2D eigenvalue weighted by Crippen LogP contribution is -2.24. The smallest absolute Gasteiger partial charge is 0.257 e. The highest BCUT2D eigenvalue weighted by molar-refractivity contribution is 7.90. The van der Waals surface area contributed by atoms with E-state index in [1.807, 2.05) is 26.8 Å². The van der Waals surface area contributed by atoms with Gasteiger partial charge in [0, 0.05) is 30.0 Å². The molecule has 1 aliphatic heterocycles. The Morgan fingerprint density at radius 2 is 1.91 bits per heavy atom. The van der Waals surface area contributed by atoms with Crippen molar-refractivity contribution in [1.82, 2.24) is 4.98 Å². The van der Waals surface area contributed by atoms with Gasteiger partial charge in [-0.2, -0.15) is 0 Å². The molecule has 33 heavy (non-hydrogen) atoms. The van der Waals surface area contributed by atoms with Crippen molar-refractivity contribution in [3.63, 3.8) is 0 Å². The number of hydrogen-bond acceptors (Lipinski definition) is 6. The number of carbonyl (C=O) groups excluding carboxylic acids is 1. The van der Waals surface area contributed by atoms with E-state index < -0.39 is 27.2 Å². The lowest BCUT2D eigenvalue weighted by Gasteiger charge is -2.16. The number of rotatable bonds is 5. The monoisotopic (exact) mass is 470 g/mol. The summed E-state index contributed by atoms with van der Waals surface area (Å²) in [7, 11) is -3.56. The van der Waals surface area contributed by atoms with Crippen LogP contribution < -0.4 is 14.8 Å². The van der Waals surface area contributed by atoms with Gasteiger partial charge in [-0.05, 0) is 62.7 Å². The number of amides is 1. The minimum atomic E-state index is -3.56. The predicted molar refractivity (Wildman–Crippen MR) is 121 cm³/mol. The van der Waals surface area contributed by atoms with Crippen molar-refractivity contribution in [2.24, 2.45) is 0 Å². The van der Waals surface area contributed by atoms with Crippen molar-refractivity contribution >= 4 is 21.6 Å². The van der Waals surface area contributed by atoms with Crippen LogP contribution in [0.5, 0.6) is 17.2 Å². The first-order valence-corrected chi connectivity index (χ1v) is 12.1. The summed E-state index contributed by atoms with van der Waals surface area (Å²) in [6, 6.07) is 10.1. The third-order valence-corrected chi connectivity index (χ3v) is 6.23. The van der Waals surface area contributed by atoms with Crippen molar-refractivity contribution in [2.45, 2.75) is 37.7 Å². The van der Waals surface area contributed by atoms with Crippen LogP contribution in [0.4, 0.5) is 10.2 Å². The fourth-order valence-corrected chi connectivity index (χ4v) is 4.14. The van der Waals surface area contributed by atoms with Crippen LogP contribution in [-0.2, 0) is 16.3 Å². The lowest BCUT2D eigenvalue weighted by molar-refractivity contribution is 0.102. The number of nitrogens with zero attached hydrogens (tertiary/aromatic N) is 1. The summed E-state index contributed by atoms with van der Waals surface area (Å²) >= 11 is 0. The number of benzene rings is 2. The van der Waals surface area contributed by atoms with E-state index in [1.165, 1.54) is 18.2 Å². The number of sulfone groups is 1. The predicted octanol–water partition coefficient (Wildman–Crippen LogP) is 4.69. The highest BCUT2D eigenvalue weighted by atomic mass is 32.2. The van der Waals surface area contributed by atoms with E-state index in [-0.39, 0.29) is 22.0 Å². The molecule has 1 amide bonds. The van der Waals surface area contributed by atoms with E-state index in [9.17, 15) is 17.6 Å². The fourth-order valence-electron chi connectivity index (χ4n) is 3.51. The molecule has 7 nitrogen and oxygen atoms in total. The summed E-state index contributed by atoms with van der Waals surface area (Å²) in [5.74, 6) is -0.313. The van der Waals surface area contributed by atoms with Crippen LogP contribution in [0.25, 0.3) is 0 Å². The number of hydrogen-bond donors (Lipinski definition) is 1. The molecular weight excluding hydrogens is 447 g/mol. The molecule has 1 aromatic heterocycles. The molecule has 0 aliphatic carbocycles. The van der Waals surface area contributed by atoms with Crippen molar-refractivity contribution in [3.05, 3.63) is 71.2 Å². The number of aromatic nitrogens is 1. The Labute approximate surface area is 191 Å². The zero-order valence-electron chi connectivity index (χ0n) is 18.6. The molecule has 2 heterocycles. The summed E-state index contributed by atoms with van der Waals surface area (Å²) < 4.78 is 49.8. The number of nitrogens with one attached hydrogen (secondary N) is 1. The zero-order chi connectivity index (χ0) is 24.0. The van der Waals surface area contributed by atoms with E-state index in [4.69, 9.17) is 9.47 Å². The Balaban J connectivity index is 1.70. The third-order valence-electron chi connectivity index (χ3n) is 5.12. The second-order valence-corrected chi connectivity index (χ2v) is 10.6. The van der Waals surface area contributed by atoms with Crippen molar-refractivity contribution < 1.29 is 27.1 Å².